The average molecular weight is 192 g/mol. The van der Waals surface area contributed by atoms with E-state index in [1.54, 1.807) is 6.92 Å². The number of alkyl halides is 2. The van der Waals surface area contributed by atoms with Crippen LogP contribution in [0.1, 0.15) is 13.3 Å². The van der Waals surface area contributed by atoms with Crippen LogP contribution in [0.5, 0.6) is 0 Å². The fourth-order valence-electron chi connectivity index (χ4n) is 1.48. The van der Waals surface area contributed by atoms with E-state index in [9.17, 15) is 13.6 Å². The van der Waals surface area contributed by atoms with Crippen LogP contribution in [-0.4, -0.2) is 36.4 Å². The van der Waals surface area contributed by atoms with Crippen LogP contribution in [0.4, 0.5) is 8.78 Å². The van der Waals surface area contributed by atoms with Crippen LogP contribution >= 0.6 is 0 Å². The average Bonchev–Trinajstić information content (AvgIpc) is 2.50. The minimum atomic E-state index is -2.33. The van der Waals surface area contributed by atoms with Gasteiger partial charge < -0.3 is 10.6 Å². The summed E-state index contributed by atoms with van der Waals surface area (Å²) in [5.74, 6) is -0.897. The van der Waals surface area contributed by atoms with Crippen molar-refractivity contribution in [2.75, 3.05) is 13.1 Å². The summed E-state index contributed by atoms with van der Waals surface area (Å²) in [6, 6.07) is -0.587. The van der Waals surface area contributed by atoms with Crippen molar-refractivity contribution in [2.45, 2.75) is 25.8 Å². The zero-order valence-corrected chi connectivity index (χ0v) is 7.54. The number of rotatable bonds is 2. The molecule has 1 fully saturated rings. The van der Waals surface area contributed by atoms with Crippen molar-refractivity contribution >= 4 is 5.91 Å². The Labute approximate surface area is 75.9 Å². The van der Waals surface area contributed by atoms with E-state index < -0.39 is 18.4 Å². The Bertz CT molecular complexity index is 197. The molecule has 0 aromatic carbocycles. The minimum absolute atomic E-state index is 0.151. The molecule has 0 radical (unpaired) electrons. The van der Waals surface area contributed by atoms with Gasteiger partial charge in [0.05, 0.1) is 6.04 Å². The molecule has 0 aromatic heterocycles. The molecule has 0 bridgehead atoms. The quantitative estimate of drug-likeness (QED) is 0.690. The standard InChI is InChI=1S/C8H14F2N2O/c1-5(11)8(13)12-3-2-6(4-12)7(9)10/h5-7H,2-4,11H2,1H3. The SMILES string of the molecule is CC(N)C(=O)N1CCC(C(F)F)C1. The lowest BCUT2D eigenvalue weighted by atomic mass is 10.1. The second-order valence-corrected chi connectivity index (χ2v) is 3.46. The van der Waals surface area contributed by atoms with Gasteiger partial charge >= 0.3 is 0 Å². The minimum Gasteiger partial charge on any atom is -0.341 e. The number of carbonyl (C=O) groups is 1. The molecule has 0 spiro atoms. The molecular weight excluding hydrogens is 178 g/mol. The summed E-state index contributed by atoms with van der Waals surface area (Å²) in [7, 11) is 0. The fourth-order valence-corrected chi connectivity index (χ4v) is 1.48. The fraction of sp³-hybridized carbons (Fsp3) is 0.875. The smallest absolute Gasteiger partial charge is 0.243 e. The van der Waals surface area contributed by atoms with Crippen LogP contribution in [0.3, 0.4) is 0 Å². The third-order valence-corrected chi connectivity index (χ3v) is 2.28. The molecule has 1 saturated heterocycles. The van der Waals surface area contributed by atoms with Gasteiger partial charge in [-0.25, -0.2) is 8.78 Å². The van der Waals surface area contributed by atoms with Gasteiger partial charge in [0.25, 0.3) is 0 Å². The van der Waals surface area contributed by atoms with E-state index in [4.69, 9.17) is 5.73 Å². The molecule has 13 heavy (non-hydrogen) atoms. The lowest BCUT2D eigenvalue weighted by molar-refractivity contribution is -0.131. The second-order valence-electron chi connectivity index (χ2n) is 3.46. The largest absolute Gasteiger partial charge is 0.341 e. The van der Waals surface area contributed by atoms with Gasteiger partial charge in [-0.2, -0.15) is 0 Å². The van der Waals surface area contributed by atoms with Crippen molar-refractivity contribution in [3.63, 3.8) is 0 Å². The van der Waals surface area contributed by atoms with Crippen molar-refractivity contribution in [1.29, 1.82) is 0 Å². The van der Waals surface area contributed by atoms with E-state index in [0.29, 0.717) is 13.0 Å². The zero-order valence-electron chi connectivity index (χ0n) is 7.54. The third-order valence-electron chi connectivity index (χ3n) is 2.28. The predicted molar refractivity (Wildman–Crippen MR) is 44.3 cm³/mol. The van der Waals surface area contributed by atoms with Crippen LogP contribution in [0.2, 0.25) is 0 Å². The maximum absolute atomic E-state index is 12.2. The van der Waals surface area contributed by atoms with Gasteiger partial charge in [0.2, 0.25) is 12.3 Å². The molecule has 0 aromatic rings. The van der Waals surface area contributed by atoms with E-state index in [1.165, 1.54) is 4.90 Å². The molecule has 3 nitrogen and oxygen atoms in total. The summed E-state index contributed by atoms with van der Waals surface area (Å²) in [5, 5.41) is 0. The highest BCUT2D eigenvalue weighted by Gasteiger charge is 2.32. The van der Waals surface area contributed by atoms with Crippen LogP contribution in [0.25, 0.3) is 0 Å². The Morgan fingerprint density at radius 2 is 2.23 bits per heavy atom. The molecule has 0 saturated carbocycles. The third kappa shape index (κ3) is 2.37. The number of likely N-dealkylation sites (tertiary alicyclic amines) is 1. The van der Waals surface area contributed by atoms with Crippen LogP contribution in [0, 0.1) is 5.92 Å². The van der Waals surface area contributed by atoms with Crippen molar-refractivity contribution in [3.05, 3.63) is 0 Å². The predicted octanol–water partition coefficient (Wildman–Crippen LogP) is 0.447. The summed E-state index contributed by atoms with van der Waals surface area (Å²) in [6.45, 7) is 2.13. The topological polar surface area (TPSA) is 46.3 Å². The summed E-state index contributed by atoms with van der Waals surface area (Å²) in [5.41, 5.74) is 5.36. The number of hydrogen-bond donors (Lipinski definition) is 1. The molecular formula is C8H14F2N2O. The van der Waals surface area contributed by atoms with Crippen LogP contribution in [-0.2, 0) is 4.79 Å². The Kier molecular flexibility index (Phi) is 3.19. The summed E-state index contributed by atoms with van der Waals surface area (Å²) >= 11 is 0. The van der Waals surface area contributed by atoms with Gasteiger partial charge in [-0.3, -0.25) is 4.79 Å². The van der Waals surface area contributed by atoms with Gasteiger partial charge in [0.1, 0.15) is 0 Å². The van der Waals surface area contributed by atoms with Gasteiger partial charge in [0.15, 0.2) is 0 Å². The van der Waals surface area contributed by atoms with Gasteiger partial charge in [0, 0.05) is 19.0 Å². The molecule has 2 atom stereocenters. The first kappa shape index (κ1) is 10.4. The van der Waals surface area contributed by atoms with Crippen LogP contribution < -0.4 is 5.73 Å². The molecule has 0 aliphatic carbocycles. The Balaban J connectivity index is 2.45. The second kappa shape index (κ2) is 4.00. The number of halogens is 2. The number of carbonyl (C=O) groups excluding carboxylic acids is 1. The van der Waals surface area contributed by atoms with Gasteiger partial charge in [-0.05, 0) is 13.3 Å². The summed E-state index contributed by atoms with van der Waals surface area (Å²) < 4.78 is 24.4. The highest BCUT2D eigenvalue weighted by molar-refractivity contribution is 5.81. The van der Waals surface area contributed by atoms with Gasteiger partial charge in [-0.15, -0.1) is 0 Å². The highest BCUT2D eigenvalue weighted by Crippen LogP contribution is 2.22. The highest BCUT2D eigenvalue weighted by atomic mass is 19.3. The normalized spacial score (nSPS) is 25.3. The lowest BCUT2D eigenvalue weighted by Gasteiger charge is -2.18. The molecule has 5 heteroatoms. The Morgan fingerprint density at radius 1 is 1.62 bits per heavy atom. The number of hydrogen-bond acceptors (Lipinski definition) is 2. The molecule has 2 unspecified atom stereocenters. The maximum atomic E-state index is 12.2. The molecule has 1 rings (SSSR count). The van der Waals surface area contributed by atoms with Gasteiger partial charge in [-0.1, -0.05) is 0 Å². The van der Waals surface area contributed by atoms with E-state index in [0.717, 1.165) is 0 Å². The zero-order chi connectivity index (χ0) is 10.0. The monoisotopic (exact) mass is 192 g/mol. The molecule has 1 amide bonds. The molecule has 2 N–H and O–H groups in total. The summed E-state index contributed by atoms with van der Waals surface area (Å²) in [4.78, 5) is 12.7. The molecule has 1 aliphatic heterocycles. The molecule has 1 heterocycles. The maximum Gasteiger partial charge on any atom is 0.243 e. The van der Waals surface area contributed by atoms with Crippen molar-refractivity contribution in [2.24, 2.45) is 11.7 Å². The van der Waals surface area contributed by atoms with E-state index in [1.807, 2.05) is 0 Å². The van der Waals surface area contributed by atoms with Crippen molar-refractivity contribution in [1.82, 2.24) is 4.90 Å². The number of nitrogens with two attached hydrogens (primary N) is 1. The van der Waals surface area contributed by atoms with E-state index >= 15 is 0 Å². The first-order valence-corrected chi connectivity index (χ1v) is 4.35. The lowest BCUT2D eigenvalue weighted by Crippen LogP contribution is -2.41. The first-order chi connectivity index (χ1) is 6.02. The number of nitrogens with zero attached hydrogens (tertiary/aromatic N) is 1. The Morgan fingerprint density at radius 3 is 2.62 bits per heavy atom. The molecule has 76 valence electrons. The van der Waals surface area contributed by atoms with Crippen LogP contribution in [0.15, 0.2) is 0 Å². The van der Waals surface area contributed by atoms with Crippen molar-refractivity contribution in [3.8, 4) is 0 Å². The summed E-state index contributed by atoms with van der Waals surface area (Å²) in [6.07, 6.45) is -1.94. The van der Waals surface area contributed by atoms with Crippen molar-refractivity contribution < 1.29 is 13.6 Å². The molecule has 1 aliphatic rings. The van der Waals surface area contributed by atoms with E-state index in [-0.39, 0.29) is 12.5 Å². The number of amides is 1. The van der Waals surface area contributed by atoms with E-state index in [2.05, 4.69) is 0 Å². The Hall–Kier alpha value is -0.710. The first-order valence-electron chi connectivity index (χ1n) is 4.35.